The van der Waals surface area contributed by atoms with Crippen molar-refractivity contribution in [2.75, 3.05) is 18.0 Å². The number of nitrogens with zero attached hydrogens (tertiary/aromatic N) is 5. The van der Waals surface area contributed by atoms with Crippen LogP contribution in [0.15, 0.2) is 30.6 Å². The van der Waals surface area contributed by atoms with Gasteiger partial charge in [0.05, 0.1) is 5.56 Å². The molecular weight excluding hydrogens is 250 g/mol. The molecule has 0 aliphatic carbocycles. The Morgan fingerprint density at radius 2 is 2.05 bits per heavy atom. The van der Waals surface area contributed by atoms with Gasteiger partial charge in [0.2, 0.25) is 0 Å². The summed E-state index contributed by atoms with van der Waals surface area (Å²) in [4.78, 5) is 6.58. The van der Waals surface area contributed by atoms with Crippen LogP contribution in [0.3, 0.4) is 0 Å². The van der Waals surface area contributed by atoms with Crippen molar-refractivity contribution in [3.8, 4) is 6.07 Å². The second-order valence-corrected chi connectivity index (χ2v) is 5.13. The third-order valence-electron chi connectivity index (χ3n) is 3.98. The molecule has 0 aromatic carbocycles. The highest BCUT2D eigenvalue weighted by molar-refractivity contribution is 5.53. The minimum absolute atomic E-state index is 0.549. The Morgan fingerprint density at radius 1 is 1.25 bits per heavy atom. The molecule has 0 spiro atoms. The van der Waals surface area contributed by atoms with Crippen molar-refractivity contribution in [2.24, 2.45) is 7.05 Å². The first kappa shape index (κ1) is 12.7. The lowest BCUT2D eigenvalue weighted by molar-refractivity contribution is 0.475. The molecule has 3 rings (SSSR count). The molecule has 0 N–H and O–H groups in total. The molecule has 5 heteroatoms. The van der Waals surface area contributed by atoms with E-state index in [9.17, 15) is 0 Å². The zero-order chi connectivity index (χ0) is 13.9. The van der Waals surface area contributed by atoms with Crippen molar-refractivity contribution in [1.82, 2.24) is 14.8 Å². The van der Waals surface area contributed by atoms with Crippen LogP contribution < -0.4 is 4.90 Å². The molecule has 2 aromatic heterocycles. The third kappa shape index (κ3) is 2.25. The predicted octanol–water partition coefficient (Wildman–Crippen LogP) is 2.07. The maximum absolute atomic E-state index is 9.16. The number of nitriles is 1. The zero-order valence-corrected chi connectivity index (χ0v) is 11.5. The predicted molar refractivity (Wildman–Crippen MR) is 76.3 cm³/mol. The summed E-state index contributed by atoms with van der Waals surface area (Å²) in [6.07, 6.45) is 5.75. The molecule has 1 saturated heterocycles. The maximum atomic E-state index is 9.16. The summed E-state index contributed by atoms with van der Waals surface area (Å²) in [6.45, 7) is 1.86. The van der Waals surface area contributed by atoms with Gasteiger partial charge in [-0.1, -0.05) is 0 Å². The number of pyridine rings is 1. The molecule has 0 bridgehead atoms. The molecule has 3 heterocycles. The highest BCUT2D eigenvalue weighted by Crippen LogP contribution is 2.30. The van der Waals surface area contributed by atoms with Crippen molar-refractivity contribution >= 4 is 5.82 Å². The van der Waals surface area contributed by atoms with E-state index in [1.54, 1.807) is 6.20 Å². The molecule has 0 radical (unpaired) electrons. The topological polar surface area (TPSA) is 57.7 Å². The second-order valence-electron chi connectivity index (χ2n) is 5.13. The number of hydrogen-bond acceptors (Lipinski definition) is 4. The Bertz CT molecular complexity index is 632. The van der Waals surface area contributed by atoms with E-state index in [1.165, 1.54) is 5.69 Å². The summed E-state index contributed by atoms with van der Waals surface area (Å²) in [5, 5.41) is 13.4. The lowest BCUT2D eigenvalue weighted by Gasteiger charge is -2.33. The Balaban J connectivity index is 1.73. The first-order valence-corrected chi connectivity index (χ1v) is 6.87. The van der Waals surface area contributed by atoms with Crippen LogP contribution >= 0.6 is 0 Å². The Kier molecular flexibility index (Phi) is 3.38. The second kappa shape index (κ2) is 5.33. The van der Waals surface area contributed by atoms with Crippen LogP contribution in [0.2, 0.25) is 0 Å². The highest BCUT2D eigenvalue weighted by atomic mass is 15.3. The number of rotatable bonds is 2. The SMILES string of the molecule is Cn1nccc1C1CCN(c2ncccc2C#N)CC1. The maximum Gasteiger partial charge on any atom is 0.146 e. The zero-order valence-electron chi connectivity index (χ0n) is 11.5. The smallest absolute Gasteiger partial charge is 0.146 e. The van der Waals surface area contributed by atoms with Gasteiger partial charge in [-0.15, -0.1) is 0 Å². The standard InChI is InChI=1S/C15H17N5/c1-19-14(4-8-18-19)12-5-9-20(10-6-12)15-13(11-16)3-2-7-17-15/h2-4,7-8,12H,5-6,9-10H2,1H3. The Hall–Kier alpha value is -2.35. The molecule has 0 amide bonds. The number of hydrogen-bond donors (Lipinski definition) is 0. The molecule has 0 atom stereocenters. The molecule has 0 unspecified atom stereocenters. The fraction of sp³-hybridized carbons (Fsp3) is 0.400. The summed E-state index contributed by atoms with van der Waals surface area (Å²) in [6, 6.07) is 7.96. The van der Waals surface area contributed by atoms with Gasteiger partial charge in [0.25, 0.3) is 0 Å². The first-order valence-electron chi connectivity index (χ1n) is 6.87. The molecule has 1 aliphatic heterocycles. The minimum Gasteiger partial charge on any atom is -0.355 e. The van der Waals surface area contributed by atoms with E-state index in [0.29, 0.717) is 11.5 Å². The lowest BCUT2D eigenvalue weighted by atomic mass is 9.93. The summed E-state index contributed by atoms with van der Waals surface area (Å²) >= 11 is 0. The highest BCUT2D eigenvalue weighted by Gasteiger charge is 2.24. The van der Waals surface area contributed by atoms with Crippen molar-refractivity contribution in [3.05, 3.63) is 41.9 Å². The normalized spacial score (nSPS) is 16.1. The average Bonchev–Trinajstić information content (AvgIpc) is 2.93. The van der Waals surface area contributed by atoms with Crippen LogP contribution in [0.4, 0.5) is 5.82 Å². The fourth-order valence-corrected chi connectivity index (χ4v) is 2.91. The van der Waals surface area contributed by atoms with Gasteiger partial charge in [-0.05, 0) is 31.0 Å². The van der Waals surface area contributed by atoms with Gasteiger partial charge < -0.3 is 4.90 Å². The van der Waals surface area contributed by atoms with Crippen LogP contribution in [0.25, 0.3) is 0 Å². The van der Waals surface area contributed by atoms with Crippen LogP contribution in [0, 0.1) is 11.3 Å². The van der Waals surface area contributed by atoms with Crippen molar-refractivity contribution in [3.63, 3.8) is 0 Å². The van der Waals surface area contributed by atoms with Crippen LogP contribution in [-0.4, -0.2) is 27.9 Å². The quantitative estimate of drug-likeness (QED) is 0.835. The molecule has 0 saturated carbocycles. The minimum atomic E-state index is 0.549. The van der Waals surface area contributed by atoms with Crippen LogP contribution in [0.5, 0.6) is 0 Å². The van der Waals surface area contributed by atoms with Gasteiger partial charge in [0.1, 0.15) is 11.9 Å². The Morgan fingerprint density at radius 3 is 2.70 bits per heavy atom. The van der Waals surface area contributed by atoms with Crippen LogP contribution in [-0.2, 0) is 7.05 Å². The largest absolute Gasteiger partial charge is 0.355 e. The molecule has 5 nitrogen and oxygen atoms in total. The number of anilines is 1. The van der Waals surface area contributed by atoms with E-state index in [-0.39, 0.29) is 0 Å². The van der Waals surface area contributed by atoms with Gasteiger partial charge in [-0.3, -0.25) is 4.68 Å². The van der Waals surface area contributed by atoms with E-state index in [4.69, 9.17) is 5.26 Å². The van der Waals surface area contributed by atoms with E-state index >= 15 is 0 Å². The fourth-order valence-electron chi connectivity index (χ4n) is 2.91. The molecule has 1 aliphatic rings. The van der Waals surface area contributed by atoms with E-state index < -0.39 is 0 Å². The molecule has 20 heavy (non-hydrogen) atoms. The van der Waals surface area contributed by atoms with Crippen molar-refractivity contribution in [1.29, 1.82) is 5.26 Å². The summed E-state index contributed by atoms with van der Waals surface area (Å²) in [5.41, 5.74) is 1.96. The summed E-state index contributed by atoms with van der Waals surface area (Å²) < 4.78 is 1.96. The number of piperidine rings is 1. The molecular formula is C15H17N5. The molecule has 2 aromatic rings. The Labute approximate surface area is 118 Å². The monoisotopic (exact) mass is 267 g/mol. The van der Waals surface area contributed by atoms with Gasteiger partial charge in [0.15, 0.2) is 0 Å². The molecule has 1 fully saturated rings. The van der Waals surface area contributed by atoms with Crippen molar-refractivity contribution < 1.29 is 0 Å². The van der Waals surface area contributed by atoms with E-state index in [0.717, 1.165) is 31.7 Å². The average molecular weight is 267 g/mol. The van der Waals surface area contributed by atoms with Gasteiger partial charge >= 0.3 is 0 Å². The summed E-state index contributed by atoms with van der Waals surface area (Å²) in [7, 11) is 1.99. The first-order chi connectivity index (χ1) is 9.79. The molecule has 102 valence electrons. The van der Waals surface area contributed by atoms with Gasteiger partial charge in [-0.25, -0.2) is 4.98 Å². The van der Waals surface area contributed by atoms with Crippen LogP contribution in [0.1, 0.15) is 30.0 Å². The summed E-state index contributed by atoms with van der Waals surface area (Å²) in [5.74, 6) is 1.37. The third-order valence-corrected chi connectivity index (χ3v) is 3.98. The van der Waals surface area contributed by atoms with E-state index in [2.05, 4.69) is 27.1 Å². The lowest BCUT2D eigenvalue weighted by Crippen LogP contribution is -2.34. The number of aryl methyl sites for hydroxylation is 1. The van der Waals surface area contributed by atoms with E-state index in [1.807, 2.05) is 30.1 Å². The number of aromatic nitrogens is 3. The van der Waals surface area contributed by atoms with Gasteiger partial charge in [-0.2, -0.15) is 10.4 Å². The van der Waals surface area contributed by atoms with Crippen molar-refractivity contribution in [2.45, 2.75) is 18.8 Å². The van der Waals surface area contributed by atoms with Gasteiger partial charge in [0, 0.05) is 44.1 Å².